The summed E-state index contributed by atoms with van der Waals surface area (Å²) in [6, 6.07) is 10.2. The van der Waals surface area contributed by atoms with Crippen molar-refractivity contribution < 1.29 is 18.0 Å². The van der Waals surface area contributed by atoms with Gasteiger partial charge in [0.1, 0.15) is 11.5 Å². The zero-order valence-electron chi connectivity index (χ0n) is 17.4. The Morgan fingerprint density at radius 2 is 2.03 bits per heavy atom. The summed E-state index contributed by atoms with van der Waals surface area (Å²) < 4.78 is 41.2. The smallest absolute Gasteiger partial charge is 0.342 e. The molecule has 1 aromatic carbocycles. The van der Waals surface area contributed by atoms with E-state index in [1.807, 2.05) is 24.3 Å². The number of para-hydroxylation sites is 2. The molecular weight excluding hydrogens is 421 g/mol. The van der Waals surface area contributed by atoms with E-state index in [9.17, 15) is 18.0 Å². The van der Waals surface area contributed by atoms with Gasteiger partial charge in [-0.15, -0.1) is 0 Å². The number of piperidine rings is 1. The Kier molecular flexibility index (Phi) is 4.87. The lowest BCUT2D eigenvalue weighted by Gasteiger charge is -2.31. The van der Waals surface area contributed by atoms with Crippen LogP contribution in [-0.4, -0.2) is 48.5 Å². The fourth-order valence-electron chi connectivity index (χ4n) is 4.31. The van der Waals surface area contributed by atoms with E-state index < -0.39 is 11.9 Å². The molecule has 0 aliphatic carbocycles. The quantitative estimate of drug-likeness (QED) is 0.522. The first-order chi connectivity index (χ1) is 15.3. The largest absolute Gasteiger partial charge is 0.433 e. The summed E-state index contributed by atoms with van der Waals surface area (Å²) in [7, 11) is 0. The van der Waals surface area contributed by atoms with Crippen LogP contribution in [0.2, 0.25) is 0 Å². The number of carbonyl (C=O) groups excluding carboxylic acids is 1. The van der Waals surface area contributed by atoms with Crippen molar-refractivity contribution in [3.05, 3.63) is 59.3 Å². The number of benzene rings is 1. The molecule has 1 unspecified atom stereocenters. The molecule has 0 radical (unpaired) electrons. The molecule has 166 valence electrons. The van der Waals surface area contributed by atoms with E-state index in [0.717, 1.165) is 34.5 Å². The Morgan fingerprint density at radius 3 is 2.81 bits per heavy atom. The van der Waals surface area contributed by atoms with E-state index in [1.165, 1.54) is 6.92 Å². The number of halogens is 3. The fourth-order valence-corrected chi connectivity index (χ4v) is 4.31. The van der Waals surface area contributed by atoms with Gasteiger partial charge in [-0.3, -0.25) is 4.79 Å². The first kappa shape index (κ1) is 20.5. The third-order valence-electron chi connectivity index (χ3n) is 5.81. The molecule has 0 bridgehead atoms. The van der Waals surface area contributed by atoms with Crippen molar-refractivity contribution in [1.82, 2.24) is 29.5 Å². The van der Waals surface area contributed by atoms with Gasteiger partial charge in [0.05, 0.1) is 23.1 Å². The van der Waals surface area contributed by atoms with Gasteiger partial charge in [0.15, 0.2) is 5.65 Å². The van der Waals surface area contributed by atoms with Crippen LogP contribution in [0.1, 0.15) is 41.7 Å². The molecule has 10 heteroatoms. The molecule has 1 N–H and O–H groups in total. The molecule has 1 atom stereocenters. The van der Waals surface area contributed by atoms with Gasteiger partial charge in [-0.2, -0.15) is 18.3 Å². The SMILES string of the molecule is Cc1cc(C(F)(F)F)n2nc(C3CCCN(C(=O)Cc4nc5ccccc5[nH]4)C3)cc2n1. The average molecular weight is 442 g/mol. The van der Waals surface area contributed by atoms with Crippen LogP contribution >= 0.6 is 0 Å². The van der Waals surface area contributed by atoms with Crippen LogP contribution in [0.25, 0.3) is 16.7 Å². The number of aromatic nitrogens is 5. The van der Waals surface area contributed by atoms with Gasteiger partial charge in [-0.05, 0) is 38.0 Å². The molecule has 1 amide bonds. The van der Waals surface area contributed by atoms with Crippen molar-refractivity contribution >= 4 is 22.6 Å². The van der Waals surface area contributed by atoms with Crippen molar-refractivity contribution in [3.8, 4) is 0 Å². The van der Waals surface area contributed by atoms with Crippen LogP contribution in [0.3, 0.4) is 0 Å². The first-order valence-corrected chi connectivity index (χ1v) is 10.4. The maximum atomic E-state index is 13.5. The van der Waals surface area contributed by atoms with Crippen LogP contribution < -0.4 is 0 Å². The number of H-pyrrole nitrogens is 1. The summed E-state index contributed by atoms with van der Waals surface area (Å²) in [6.07, 6.45) is -2.89. The Balaban J connectivity index is 1.36. The lowest BCUT2D eigenvalue weighted by atomic mass is 9.94. The van der Waals surface area contributed by atoms with Crippen LogP contribution in [0.5, 0.6) is 0 Å². The summed E-state index contributed by atoms with van der Waals surface area (Å²) in [6.45, 7) is 2.54. The molecule has 1 fully saturated rings. The second-order valence-corrected chi connectivity index (χ2v) is 8.18. The van der Waals surface area contributed by atoms with Gasteiger partial charge >= 0.3 is 6.18 Å². The molecule has 7 nitrogen and oxygen atoms in total. The van der Waals surface area contributed by atoms with Crippen molar-refractivity contribution in [2.75, 3.05) is 13.1 Å². The van der Waals surface area contributed by atoms with E-state index in [-0.39, 0.29) is 29.6 Å². The number of aryl methyl sites for hydroxylation is 1. The van der Waals surface area contributed by atoms with Crippen LogP contribution in [0, 0.1) is 6.92 Å². The van der Waals surface area contributed by atoms with E-state index in [1.54, 1.807) is 11.0 Å². The van der Waals surface area contributed by atoms with E-state index in [0.29, 0.717) is 24.6 Å². The number of aromatic amines is 1. The van der Waals surface area contributed by atoms with E-state index >= 15 is 0 Å². The van der Waals surface area contributed by atoms with Crippen LogP contribution in [0.15, 0.2) is 36.4 Å². The third kappa shape index (κ3) is 3.80. The number of hydrogen-bond acceptors (Lipinski definition) is 4. The molecule has 1 aliphatic rings. The predicted octanol–water partition coefficient (Wildman–Crippen LogP) is 3.88. The highest BCUT2D eigenvalue weighted by molar-refractivity contribution is 5.80. The number of hydrogen-bond donors (Lipinski definition) is 1. The lowest BCUT2D eigenvalue weighted by molar-refractivity contribution is -0.142. The second kappa shape index (κ2) is 7.61. The van der Waals surface area contributed by atoms with Crippen molar-refractivity contribution in [3.63, 3.8) is 0 Å². The lowest BCUT2D eigenvalue weighted by Crippen LogP contribution is -2.40. The van der Waals surface area contributed by atoms with Gasteiger partial charge in [-0.1, -0.05) is 12.1 Å². The molecule has 1 saturated heterocycles. The summed E-state index contributed by atoms with van der Waals surface area (Å²) in [4.78, 5) is 26.5. The fraction of sp³-hybridized carbons (Fsp3) is 0.364. The van der Waals surface area contributed by atoms with Crippen molar-refractivity contribution in [1.29, 1.82) is 0 Å². The zero-order chi connectivity index (χ0) is 22.5. The second-order valence-electron chi connectivity index (χ2n) is 8.18. The van der Waals surface area contributed by atoms with Gasteiger partial charge in [0, 0.05) is 30.8 Å². The third-order valence-corrected chi connectivity index (χ3v) is 5.81. The summed E-state index contributed by atoms with van der Waals surface area (Å²) in [5, 5.41) is 4.23. The number of likely N-dealkylation sites (tertiary alicyclic amines) is 1. The standard InChI is InChI=1S/C22H21F3N6O/c1-13-9-18(22(23,24)25)31-20(26-13)10-17(29-31)14-5-4-8-30(12-14)21(32)11-19-27-15-6-2-3-7-16(15)28-19/h2-3,6-7,9-10,14H,4-5,8,11-12H2,1H3,(H,27,28). The first-order valence-electron chi connectivity index (χ1n) is 10.4. The molecule has 4 heterocycles. The monoisotopic (exact) mass is 442 g/mol. The Morgan fingerprint density at radius 1 is 1.22 bits per heavy atom. The Hall–Kier alpha value is -3.43. The number of nitrogens with one attached hydrogen (secondary N) is 1. The van der Waals surface area contributed by atoms with Gasteiger partial charge < -0.3 is 9.88 Å². The molecule has 1 aliphatic heterocycles. The van der Waals surface area contributed by atoms with Crippen molar-refractivity contribution in [2.45, 2.75) is 38.3 Å². The molecule has 3 aromatic heterocycles. The highest BCUT2D eigenvalue weighted by atomic mass is 19.4. The van der Waals surface area contributed by atoms with E-state index in [2.05, 4.69) is 20.1 Å². The molecule has 32 heavy (non-hydrogen) atoms. The highest BCUT2D eigenvalue weighted by Crippen LogP contribution is 2.32. The number of amides is 1. The van der Waals surface area contributed by atoms with Crippen molar-refractivity contribution in [2.24, 2.45) is 0 Å². The van der Waals surface area contributed by atoms with Crippen LogP contribution in [-0.2, 0) is 17.4 Å². The minimum absolute atomic E-state index is 0.0672. The van der Waals surface area contributed by atoms with Gasteiger partial charge in [0.2, 0.25) is 5.91 Å². The summed E-state index contributed by atoms with van der Waals surface area (Å²) >= 11 is 0. The number of alkyl halides is 3. The average Bonchev–Trinajstić information content (AvgIpc) is 3.35. The minimum Gasteiger partial charge on any atom is -0.342 e. The number of imidazole rings is 1. The number of nitrogens with zero attached hydrogens (tertiary/aromatic N) is 5. The number of rotatable bonds is 3. The van der Waals surface area contributed by atoms with E-state index in [4.69, 9.17) is 0 Å². The predicted molar refractivity (Wildman–Crippen MR) is 111 cm³/mol. The maximum absolute atomic E-state index is 13.5. The van der Waals surface area contributed by atoms with Crippen LogP contribution in [0.4, 0.5) is 13.2 Å². The molecule has 0 spiro atoms. The zero-order valence-corrected chi connectivity index (χ0v) is 17.4. The molecule has 4 aromatic rings. The van der Waals surface area contributed by atoms with Gasteiger partial charge in [0.25, 0.3) is 0 Å². The molecule has 5 rings (SSSR count). The maximum Gasteiger partial charge on any atom is 0.433 e. The summed E-state index contributed by atoms with van der Waals surface area (Å²) in [5.41, 5.74) is 1.80. The minimum atomic E-state index is -4.53. The topological polar surface area (TPSA) is 79.2 Å². The normalized spacial score (nSPS) is 17.4. The summed E-state index contributed by atoms with van der Waals surface area (Å²) in [5.74, 6) is 0.384. The number of carbonyl (C=O) groups is 1. The Bertz CT molecular complexity index is 1280. The highest BCUT2D eigenvalue weighted by Gasteiger charge is 2.35. The molecular formula is C22H21F3N6O. The number of fused-ring (bicyclic) bond motifs is 2. The molecule has 0 saturated carbocycles. The van der Waals surface area contributed by atoms with Gasteiger partial charge in [-0.25, -0.2) is 14.5 Å². The Labute approximate surface area is 181 Å².